The predicted molar refractivity (Wildman–Crippen MR) is 85.9 cm³/mol. The van der Waals surface area contributed by atoms with E-state index in [2.05, 4.69) is 36.1 Å². The van der Waals surface area contributed by atoms with Crippen molar-refractivity contribution in [3.63, 3.8) is 0 Å². The van der Waals surface area contributed by atoms with Crippen LogP contribution in [0.4, 0.5) is 5.82 Å². The summed E-state index contributed by atoms with van der Waals surface area (Å²) in [5, 5.41) is 4.71. The second-order valence-corrected chi connectivity index (χ2v) is 6.92. The molecule has 0 aliphatic carbocycles. The van der Waals surface area contributed by atoms with Gasteiger partial charge in [0.05, 0.1) is 5.02 Å². The molecule has 0 aliphatic rings. The lowest BCUT2D eigenvalue weighted by molar-refractivity contribution is 0.539. The van der Waals surface area contributed by atoms with Gasteiger partial charge in [-0.3, -0.25) is 0 Å². The predicted octanol–water partition coefficient (Wildman–Crippen LogP) is 4.62. The summed E-state index contributed by atoms with van der Waals surface area (Å²) >= 11 is 7.75. The standard InChI is InChI=1S/C15H18ClN3S/c1-15(2,3)14-18-12(17-4)9-13(19-14)20-11-8-6-5-7-10(11)16/h5-9H,1-4H3,(H,17,18,19). The Morgan fingerprint density at radius 2 is 1.85 bits per heavy atom. The summed E-state index contributed by atoms with van der Waals surface area (Å²) in [5.74, 6) is 1.64. The van der Waals surface area contributed by atoms with Gasteiger partial charge in [-0.05, 0) is 12.1 Å². The second kappa shape index (κ2) is 6.02. The average Bonchev–Trinajstić information content (AvgIpc) is 2.40. The minimum absolute atomic E-state index is 0.0946. The van der Waals surface area contributed by atoms with Gasteiger partial charge in [0.25, 0.3) is 0 Å². The minimum Gasteiger partial charge on any atom is -0.373 e. The van der Waals surface area contributed by atoms with E-state index in [0.717, 1.165) is 26.6 Å². The van der Waals surface area contributed by atoms with Gasteiger partial charge in [0.2, 0.25) is 0 Å². The minimum atomic E-state index is -0.0946. The van der Waals surface area contributed by atoms with Gasteiger partial charge in [-0.25, -0.2) is 9.97 Å². The normalized spacial score (nSPS) is 11.4. The van der Waals surface area contributed by atoms with Gasteiger partial charge in [0.1, 0.15) is 16.7 Å². The Balaban J connectivity index is 2.39. The van der Waals surface area contributed by atoms with E-state index in [1.165, 1.54) is 0 Å². The molecule has 2 aromatic rings. The number of hydrogen-bond donors (Lipinski definition) is 1. The van der Waals surface area contributed by atoms with Crippen LogP contribution in [0.25, 0.3) is 0 Å². The Labute approximate surface area is 129 Å². The van der Waals surface area contributed by atoms with E-state index in [0.29, 0.717) is 0 Å². The zero-order valence-corrected chi connectivity index (χ0v) is 13.6. The molecule has 0 aliphatic heterocycles. The van der Waals surface area contributed by atoms with Crippen molar-refractivity contribution in [1.82, 2.24) is 9.97 Å². The highest BCUT2D eigenvalue weighted by atomic mass is 35.5. The van der Waals surface area contributed by atoms with E-state index < -0.39 is 0 Å². The lowest BCUT2D eigenvalue weighted by Crippen LogP contribution is -2.17. The first-order valence-corrected chi connectivity index (χ1v) is 7.59. The van der Waals surface area contributed by atoms with Crippen molar-refractivity contribution in [2.75, 3.05) is 12.4 Å². The average molecular weight is 308 g/mol. The summed E-state index contributed by atoms with van der Waals surface area (Å²) in [6.45, 7) is 6.31. The highest BCUT2D eigenvalue weighted by Crippen LogP contribution is 2.33. The fourth-order valence-corrected chi connectivity index (χ4v) is 2.67. The van der Waals surface area contributed by atoms with Crippen molar-refractivity contribution in [3.8, 4) is 0 Å². The molecule has 0 radical (unpaired) electrons. The van der Waals surface area contributed by atoms with E-state index in [1.54, 1.807) is 11.8 Å². The van der Waals surface area contributed by atoms with Crippen molar-refractivity contribution in [3.05, 3.63) is 41.2 Å². The van der Waals surface area contributed by atoms with E-state index in [-0.39, 0.29) is 5.41 Å². The molecule has 0 bridgehead atoms. The van der Waals surface area contributed by atoms with Gasteiger partial charge in [0.15, 0.2) is 0 Å². The first kappa shape index (κ1) is 15.1. The van der Waals surface area contributed by atoms with E-state index >= 15 is 0 Å². The first-order valence-electron chi connectivity index (χ1n) is 6.40. The third-order valence-corrected chi connectivity index (χ3v) is 4.12. The second-order valence-electron chi connectivity index (χ2n) is 5.45. The molecule has 0 unspecified atom stereocenters. The molecule has 0 amide bonds. The maximum absolute atomic E-state index is 6.20. The van der Waals surface area contributed by atoms with Gasteiger partial charge in [-0.15, -0.1) is 0 Å². The Morgan fingerprint density at radius 1 is 1.15 bits per heavy atom. The molecule has 3 nitrogen and oxygen atoms in total. The summed E-state index contributed by atoms with van der Waals surface area (Å²) < 4.78 is 0. The zero-order valence-electron chi connectivity index (χ0n) is 12.1. The van der Waals surface area contributed by atoms with Crippen LogP contribution in [0.2, 0.25) is 5.02 Å². The summed E-state index contributed by atoms with van der Waals surface area (Å²) in [5.41, 5.74) is -0.0946. The van der Waals surface area contributed by atoms with Crippen molar-refractivity contribution < 1.29 is 0 Å². The molecule has 106 valence electrons. The monoisotopic (exact) mass is 307 g/mol. The molecule has 1 aromatic carbocycles. The molecule has 1 N–H and O–H groups in total. The largest absolute Gasteiger partial charge is 0.373 e. The van der Waals surface area contributed by atoms with Crippen LogP contribution in [0.1, 0.15) is 26.6 Å². The van der Waals surface area contributed by atoms with Crippen molar-refractivity contribution in [2.45, 2.75) is 36.1 Å². The van der Waals surface area contributed by atoms with Gasteiger partial charge in [-0.1, -0.05) is 56.3 Å². The van der Waals surface area contributed by atoms with Crippen molar-refractivity contribution in [1.29, 1.82) is 0 Å². The Kier molecular flexibility index (Phi) is 4.55. The molecule has 1 aromatic heterocycles. The molecule has 20 heavy (non-hydrogen) atoms. The summed E-state index contributed by atoms with van der Waals surface area (Å²) in [6.07, 6.45) is 0. The topological polar surface area (TPSA) is 37.8 Å². The highest BCUT2D eigenvalue weighted by molar-refractivity contribution is 7.99. The molecule has 0 saturated carbocycles. The van der Waals surface area contributed by atoms with Crippen LogP contribution in [-0.4, -0.2) is 17.0 Å². The lowest BCUT2D eigenvalue weighted by atomic mass is 9.96. The molecule has 0 atom stereocenters. The van der Waals surface area contributed by atoms with Gasteiger partial charge < -0.3 is 5.32 Å². The molecule has 1 heterocycles. The van der Waals surface area contributed by atoms with Gasteiger partial charge in [-0.2, -0.15) is 0 Å². The van der Waals surface area contributed by atoms with Gasteiger partial charge >= 0.3 is 0 Å². The van der Waals surface area contributed by atoms with Crippen LogP contribution in [0.3, 0.4) is 0 Å². The quantitative estimate of drug-likeness (QED) is 0.840. The zero-order chi connectivity index (χ0) is 14.8. The third kappa shape index (κ3) is 3.64. The summed E-state index contributed by atoms with van der Waals surface area (Å²) in [7, 11) is 1.86. The number of nitrogens with zero attached hydrogens (tertiary/aromatic N) is 2. The molecule has 5 heteroatoms. The fourth-order valence-electron chi connectivity index (χ4n) is 1.58. The molecule has 0 spiro atoms. The number of nitrogens with one attached hydrogen (secondary N) is 1. The smallest absolute Gasteiger partial charge is 0.137 e. The summed E-state index contributed by atoms with van der Waals surface area (Å²) in [4.78, 5) is 10.2. The molecular weight excluding hydrogens is 290 g/mol. The number of rotatable bonds is 3. The fraction of sp³-hybridized carbons (Fsp3) is 0.333. The van der Waals surface area contributed by atoms with E-state index in [1.807, 2.05) is 37.4 Å². The van der Waals surface area contributed by atoms with Crippen LogP contribution in [0.15, 0.2) is 40.3 Å². The first-order chi connectivity index (χ1) is 9.40. The number of aromatic nitrogens is 2. The maximum atomic E-state index is 6.20. The highest BCUT2D eigenvalue weighted by Gasteiger charge is 2.19. The van der Waals surface area contributed by atoms with E-state index in [4.69, 9.17) is 11.6 Å². The summed E-state index contributed by atoms with van der Waals surface area (Å²) in [6, 6.07) is 9.70. The number of halogens is 1. The Morgan fingerprint density at radius 3 is 2.45 bits per heavy atom. The van der Waals surface area contributed by atoms with Crippen molar-refractivity contribution in [2.24, 2.45) is 0 Å². The van der Waals surface area contributed by atoms with Crippen molar-refractivity contribution >= 4 is 29.2 Å². The number of benzene rings is 1. The van der Waals surface area contributed by atoms with Crippen LogP contribution in [0, 0.1) is 0 Å². The van der Waals surface area contributed by atoms with Crippen LogP contribution in [0.5, 0.6) is 0 Å². The molecular formula is C15H18ClN3S. The maximum Gasteiger partial charge on any atom is 0.137 e. The SMILES string of the molecule is CNc1cc(Sc2ccccc2Cl)nc(C(C)(C)C)n1. The Hall–Kier alpha value is -1.26. The molecule has 0 fully saturated rings. The van der Waals surface area contributed by atoms with Crippen LogP contribution < -0.4 is 5.32 Å². The van der Waals surface area contributed by atoms with Crippen LogP contribution in [-0.2, 0) is 5.41 Å². The molecule has 2 rings (SSSR count). The number of hydrogen-bond acceptors (Lipinski definition) is 4. The number of anilines is 1. The van der Waals surface area contributed by atoms with Crippen LogP contribution >= 0.6 is 23.4 Å². The van der Waals surface area contributed by atoms with E-state index in [9.17, 15) is 0 Å². The van der Waals surface area contributed by atoms with Gasteiger partial charge in [0, 0.05) is 23.4 Å². The molecule has 0 saturated heterocycles. The Bertz CT molecular complexity index is 608. The third-order valence-electron chi connectivity index (χ3n) is 2.68. The lowest BCUT2D eigenvalue weighted by Gasteiger charge is -2.18.